The molecule has 2 aromatic carbocycles. The Hall–Kier alpha value is -2.90. The van der Waals surface area contributed by atoms with Gasteiger partial charge in [0.05, 0.1) is 10.2 Å². The van der Waals surface area contributed by atoms with Gasteiger partial charge in [0.1, 0.15) is 17.8 Å². The van der Waals surface area contributed by atoms with Gasteiger partial charge in [-0.15, -0.1) is 0 Å². The molecule has 2 heterocycles. The summed E-state index contributed by atoms with van der Waals surface area (Å²) in [6.07, 6.45) is 1.40. The summed E-state index contributed by atoms with van der Waals surface area (Å²) >= 11 is 7.76. The highest BCUT2D eigenvalue weighted by atomic mass is 35.5. The van der Waals surface area contributed by atoms with Crippen LogP contribution in [0.15, 0.2) is 36.7 Å². The Morgan fingerprint density at radius 3 is 2.54 bits per heavy atom. The molecule has 4 aromatic rings. The lowest BCUT2D eigenvalue weighted by molar-refractivity contribution is 0.464. The molecular weight excluding hydrogens is 394 g/mol. The summed E-state index contributed by atoms with van der Waals surface area (Å²) in [6.45, 7) is 5.88. The van der Waals surface area contributed by atoms with E-state index in [1.54, 1.807) is 0 Å². The fourth-order valence-corrected chi connectivity index (χ4v) is 3.93. The molecule has 0 atom stereocenters. The van der Waals surface area contributed by atoms with Gasteiger partial charge in [0, 0.05) is 5.02 Å². The van der Waals surface area contributed by atoms with Crippen LogP contribution in [-0.4, -0.2) is 15.0 Å². The van der Waals surface area contributed by atoms with E-state index < -0.39 is 0 Å². The summed E-state index contributed by atoms with van der Waals surface area (Å²) in [5.74, 6) is 1.34. The maximum atomic E-state index is 6.25. The Morgan fingerprint density at radius 2 is 1.82 bits per heavy atom. The third kappa shape index (κ3) is 3.46. The molecule has 0 fully saturated rings. The highest BCUT2D eigenvalue weighted by molar-refractivity contribution is 7.22. The van der Waals surface area contributed by atoms with Crippen LogP contribution in [0.4, 0.5) is 16.6 Å². The SMILES string of the molecule is Cc1cc(Oc2ncnc(Nc3nc4c(C)cccc4s3)c2N)cc(C)c1Cl. The van der Waals surface area contributed by atoms with Gasteiger partial charge in [0.15, 0.2) is 10.9 Å². The molecule has 0 unspecified atom stereocenters. The highest BCUT2D eigenvalue weighted by Crippen LogP contribution is 2.35. The van der Waals surface area contributed by atoms with E-state index in [2.05, 4.69) is 20.3 Å². The zero-order valence-corrected chi connectivity index (χ0v) is 17.1. The van der Waals surface area contributed by atoms with E-state index >= 15 is 0 Å². The number of nitrogens with zero attached hydrogens (tertiary/aromatic N) is 3. The lowest BCUT2D eigenvalue weighted by atomic mass is 10.1. The first-order chi connectivity index (χ1) is 13.4. The first-order valence-corrected chi connectivity index (χ1v) is 9.80. The summed E-state index contributed by atoms with van der Waals surface area (Å²) in [5, 5.41) is 4.60. The Kier molecular flexibility index (Phi) is 4.78. The van der Waals surface area contributed by atoms with Crippen LogP contribution in [-0.2, 0) is 0 Å². The van der Waals surface area contributed by atoms with Gasteiger partial charge in [0.2, 0.25) is 5.88 Å². The van der Waals surface area contributed by atoms with E-state index in [1.807, 2.05) is 51.1 Å². The molecule has 3 N–H and O–H groups in total. The fraction of sp³-hybridized carbons (Fsp3) is 0.150. The average molecular weight is 412 g/mol. The van der Waals surface area contributed by atoms with E-state index in [4.69, 9.17) is 22.1 Å². The number of nitrogens with one attached hydrogen (secondary N) is 1. The van der Waals surface area contributed by atoms with Crippen molar-refractivity contribution < 1.29 is 4.74 Å². The van der Waals surface area contributed by atoms with E-state index in [0.29, 0.717) is 22.4 Å². The summed E-state index contributed by atoms with van der Waals surface area (Å²) in [4.78, 5) is 13.0. The van der Waals surface area contributed by atoms with Crippen molar-refractivity contribution >= 4 is 49.8 Å². The number of benzene rings is 2. The second kappa shape index (κ2) is 7.26. The molecule has 0 spiro atoms. The van der Waals surface area contributed by atoms with Crippen LogP contribution < -0.4 is 15.8 Å². The minimum absolute atomic E-state index is 0.274. The number of para-hydroxylation sites is 1. The zero-order valence-electron chi connectivity index (χ0n) is 15.6. The van der Waals surface area contributed by atoms with E-state index in [-0.39, 0.29) is 5.88 Å². The molecule has 8 heteroatoms. The molecule has 4 rings (SSSR count). The number of aromatic nitrogens is 3. The molecule has 142 valence electrons. The van der Waals surface area contributed by atoms with Crippen LogP contribution in [0.3, 0.4) is 0 Å². The summed E-state index contributed by atoms with van der Waals surface area (Å²) in [5.41, 5.74) is 10.5. The second-order valence-corrected chi connectivity index (χ2v) is 7.89. The molecule has 0 radical (unpaired) electrons. The summed E-state index contributed by atoms with van der Waals surface area (Å²) < 4.78 is 6.99. The number of hydrogen-bond donors (Lipinski definition) is 2. The van der Waals surface area contributed by atoms with Crippen molar-refractivity contribution in [1.82, 2.24) is 15.0 Å². The molecule has 0 saturated heterocycles. The van der Waals surface area contributed by atoms with Crippen molar-refractivity contribution in [3.63, 3.8) is 0 Å². The minimum Gasteiger partial charge on any atom is -0.437 e. The quantitative estimate of drug-likeness (QED) is 0.442. The molecule has 0 aliphatic rings. The topological polar surface area (TPSA) is 86.0 Å². The predicted molar refractivity (Wildman–Crippen MR) is 115 cm³/mol. The van der Waals surface area contributed by atoms with Gasteiger partial charge < -0.3 is 15.8 Å². The first kappa shape index (κ1) is 18.5. The largest absolute Gasteiger partial charge is 0.437 e. The van der Waals surface area contributed by atoms with Crippen molar-refractivity contribution in [3.05, 3.63) is 58.4 Å². The number of halogens is 1. The number of rotatable bonds is 4. The maximum Gasteiger partial charge on any atom is 0.248 e. The molecule has 0 bridgehead atoms. The average Bonchev–Trinajstić information content (AvgIpc) is 3.07. The molecular formula is C20H18ClN5OS. The molecule has 0 aliphatic carbocycles. The van der Waals surface area contributed by atoms with Gasteiger partial charge in [-0.25, -0.2) is 9.97 Å². The zero-order chi connectivity index (χ0) is 19.8. The Labute approximate surface area is 171 Å². The lowest BCUT2D eigenvalue weighted by Gasteiger charge is -2.12. The van der Waals surface area contributed by atoms with Crippen molar-refractivity contribution in [2.75, 3.05) is 11.1 Å². The minimum atomic E-state index is 0.274. The Bertz CT molecular complexity index is 1170. The van der Waals surface area contributed by atoms with Crippen LogP contribution in [0.1, 0.15) is 16.7 Å². The molecule has 2 aromatic heterocycles. The number of thiazole rings is 1. The van der Waals surface area contributed by atoms with Gasteiger partial charge in [-0.2, -0.15) is 4.98 Å². The van der Waals surface area contributed by atoms with Crippen LogP contribution >= 0.6 is 22.9 Å². The third-order valence-corrected chi connectivity index (χ3v) is 5.85. The predicted octanol–water partition coefficient (Wildman–Crippen LogP) is 5.78. The number of hydrogen-bond acceptors (Lipinski definition) is 7. The summed E-state index contributed by atoms with van der Waals surface area (Å²) in [6, 6.07) is 9.78. The number of anilines is 3. The first-order valence-electron chi connectivity index (χ1n) is 8.60. The molecule has 0 saturated carbocycles. The fourth-order valence-electron chi connectivity index (χ4n) is 2.88. The smallest absolute Gasteiger partial charge is 0.248 e. The second-order valence-electron chi connectivity index (χ2n) is 6.48. The van der Waals surface area contributed by atoms with E-state index in [0.717, 1.165) is 31.9 Å². The van der Waals surface area contributed by atoms with Crippen molar-refractivity contribution in [1.29, 1.82) is 0 Å². The van der Waals surface area contributed by atoms with Gasteiger partial charge in [0.25, 0.3) is 0 Å². The van der Waals surface area contributed by atoms with Gasteiger partial charge in [-0.05, 0) is 55.7 Å². The molecule has 28 heavy (non-hydrogen) atoms. The van der Waals surface area contributed by atoms with Crippen LogP contribution in [0.5, 0.6) is 11.6 Å². The molecule has 0 aliphatic heterocycles. The third-order valence-electron chi connectivity index (χ3n) is 4.32. The number of aryl methyl sites for hydroxylation is 3. The van der Waals surface area contributed by atoms with Crippen molar-refractivity contribution in [2.45, 2.75) is 20.8 Å². The number of nitrogens with two attached hydrogens (primary N) is 1. The van der Waals surface area contributed by atoms with Crippen molar-refractivity contribution in [3.8, 4) is 11.6 Å². The van der Waals surface area contributed by atoms with Gasteiger partial charge in [-0.1, -0.05) is 35.1 Å². The van der Waals surface area contributed by atoms with Gasteiger partial charge in [-0.3, -0.25) is 0 Å². The lowest BCUT2D eigenvalue weighted by Crippen LogP contribution is -2.03. The number of nitrogen functional groups attached to an aromatic ring is 1. The maximum absolute atomic E-state index is 6.25. The van der Waals surface area contributed by atoms with E-state index in [1.165, 1.54) is 17.7 Å². The highest BCUT2D eigenvalue weighted by Gasteiger charge is 2.14. The van der Waals surface area contributed by atoms with Gasteiger partial charge >= 0.3 is 0 Å². The normalized spacial score (nSPS) is 11.0. The summed E-state index contributed by atoms with van der Waals surface area (Å²) in [7, 11) is 0. The Balaban J connectivity index is 1.64. The van der Waals surface area contributed by atoms with E-state index in [9.17, 15) is 0 Å². The van der Waals surface area contributed by atoms with Crippen molar-refractivity contribution in [2.24, 2.45) is 0 Å². The monoisotopic (exact) mass is 411 g/mol. The molecule has 0 amide bonds. The Morgan fingerprint density at radius 1 is 1.07 bits per heavy atom. The number of ether oxygens (including phenoxy) is 1. The number of fused-ring (bicyclic) bond motifs is 1. The van der Waals surface area contributed by atoms with Crippen LogP contribution in [0.25, 0.3) is 10.2 Å². The van der Waals surface area contributed by atoms with Crippen LogP contribution in [0, 0.1) is 20.8 Å². The standard InChI is InChI=1S/C20H18ClN5OS/c1-10-5-4-6-14-17(10)25-20(28-14)26-18-16(22)19(24-9-23-18)27-13-7-11(2)15(21)12(3)8-13/h4-9H,22H2,1-3H3,(H,23,24,25,26). The van der Waals surface area contributed by atoms with Crippen LogP contribution in [0.2, 0.25) is 5.02 Å². The molecule has 6 nitrogen and oxygen atoms in total.